The first-order valence-electron chi connectivity index (χ1n) is 6.39. The highest BCUT2D eigenvalue weighted by Gasteiger charge is 2.22. The largest absolute Gasteiger partial charge is 0.323 e. The number of carbonyl (C=O) groups is 1. The number of hydrogen-bond donors (Lipinski definition) is 2. The fourth-order valence-corrected chi connectivity index (χ4v) is 4.44. The van der Waals surface area contributed by atoms with Crippen molar-refractivity contribution in [1.82, 2.24) is 5.32 Å². The molecule has 0 aliphatic heterocycles. The van der Waals surface area contributed by atoms with E-state index in [-0.39, 0.29) is 11.0 Å². The van der Waals surface area contributed by atoms with Crippen LogP contribution in [-0.4, -0.2) is 11.0 Å². The van der Waals surface area contributed by atoms with Crippen LogP contribution in [0.1, 0.15) is 32.1 Å². The van der Waals surface area contributed by atoms with Gasteiger partial charge in [0, 0.05) is 4.88 Å². The Morgan fingerprint density at radius 3 is 3.00 bits per heavy atom. The Kier molecular flexibility index (Phi) is 4.01. The van der Waals surface area contributed by atoms with E-state index in [1.807, 2.05) is 11.4 Å². The molecule has 1 amide bonds. The lowest BCUT2D eigenvalue weighted by atomic mass is 10.1. The van der Waals surface area contributed by atoms with Gasteiger partial charge in [0.25, 0.3) is 5.91 Å². The molecule has 0 atom stereocenters. The van der Waals surface area contributed by atoms with Crippen molar-refractivity contribution < 1.29 is 4.79 Å². The Labute approximate surface area is 135 Å². The Morgan fingerprint density at radius 2 is 2.29 bits per heavy atom. The van der Waals surface area contributed by atoms with E-state index in [1.165, 1.54) is 16.2 Å². The Bertz CT molecular complexity index is 740. The summed E-state index contributed by atoms with van der Waals surface area (Å²) in [7, 11) is 0. The van der Waals surface area contributed by atoms with E-state index >= 15 is 0 Å². The Hall–Kier alpha value is -1.75. The summed E-state index contributed by atoms with van der Waals surface area (Å²) in [4.78, 5) is 13.8. The third kappa shape index (κ3) is 2.83. The van der Waals surface area contributed by atoms with Gasteiger partial charge < -0.3 is 5.32 Å². The fraction of sp³-hybridized carbons (Fsp3) is 0.214. The van der Waals surface area contributed by atoms with Gasteiger partial charge in [-0.05, 0) is 48.5 Å². The van der Waals surface area contributed by atoms with E-state index in [0.717, 1.165) is 29.8 Å². The van der Waals surface area contributed by atoms with Crippen LogP contribution in [0.3, 0.4) is 0 Å². The number of thiocarbonyl (C=S) groups is 1. The molecule has 106 valence electrons. The third-order valence-corrected chi connectivity index (χ3v) is 5.51. The number of thiophene rings is 2. The lowest BCUT2D eigenvalue weighted by Crippen LogP contribution is -2.33. The molecule has 0 unspecified atom stereocenters. The number of carbonyl (C=O) groups excluding carboxylic acids is 1. The van der Waals surface area contributed by atoms with Crippen molar-refractivity contribution in [2.45, 2.75) is 19.3 Å². The summed E-state index contributed by atoms with van der Waals surface area (Å²) in [5, 5.41) is 17.7. The predicted octanol–water partition coefficient (Wildman–Crippen LogP) is 3.30. The van der Waals surface area contributed by atoms with Gasteiger partial charge in [-0.3, -0.25) is 10.1 Å². The van der Waals surface area contributed by atoms with Crippen LogP contribution < -0.4 is 10.6 Å². The molecule has 0 aromatic carbocycles. The van der Waals surface area contributed by atoms with Crippen molar-refractivity contribution in [2.75, 3.05) is 5.32 Å². The molecule has 0 bridgehead atoms. The lowest BCUT2D eigenvalue weighted by Gasteiger charge is -2.07. The highest BCUT2D eigenvalue weighted by molar-refractivity contribution is 7.80. The minimum Gasteiger partial charge on any atom is -0.323 e. The topological polar surface area (TPSA) is 64.9 Å². The smallest absolute Gasteiger partial charge is 0.267 e. The van der Waals surface area contributed by atoms with Crippen molar-refractivity contribution in [3.05, 3.63) is 38.4 Å². The van der Waals surface area contributed by atoms with Gasteiger partial charge in [0.15, 0.2) is 5.11 Å². The van der Waals surface area contributed by atoms with E-state index in [4.69, 9.17) is 12.2 Å². The number of aryl methyl sites for hydroxylation is 1. The number of anilines is 1. The van der Waals surface area contributed by atoms with E-state index in [9.17, 15) is 10.1 Å². The normalized spacial score (nSPS) is 12.5. The molecule has 4 nitrogen and oxygen atoms in total. The van der Waals surface area contributed by atoms with Crippen LogP contribution >= 0.6 is 34.9 Å². The molecule has 2 aromatic heterocycles. The highest BCUT2D eigenvalue weighted by Crippen LogP contribution is 2.38. The van der Waals surface area contributed by atoms with Crippen LogP contribution in [0.2, 0.25) is 0 Å². The van der Waals surface area contributed by atoms with E-state index in [1.54, 1.807) is 17.4 Å². The third-order valence-electron chi connectivity index (χ3n) is 3.23. The van der Waals surface area contributed by atoms with Gasteiger partial charge in [0.05, 0.1) is 10.4 Å². The molecule has 7 heteroatoms. The maximum atomic E-state index is 11.9. The molecular weight excluding hydrogens is 322 g/mol. The molecule has 3 rings (SSSR count). The van der Waals surface area contributed by atoms with Crippen molar-refractivity contribution in [1.29, 1.82) is 5.26 Å². The summed E-state index contributed by atoms with van der Waals surface area (Å²) in [5.74, 6) is -0.231. The molecular formula is C14H11N3OS3. The molecule has 0 spiro atoms. The van der Waals surface area contributed by atoms with Crippen LogP contribution in [0.4, 0.5) is 5.00 Å². The SMILES string of the molecule is N#Cc1c(NC(=S)NC(=O)c2cccs2)sc2c1CCC2. The van der Waals surface area contributed by atoms with Crippen LogP contribution in [0, 0.1) is 11.3 Å². The standard InChI is InChI=1S/C14H11N3OS3/c15-7-9-8-3-1-4-10(8)21-13(9)17-14(19)16-12(18)11-5-2-6-20-11/h2,5-6H,1,3-4H2,(H2,16,17,18,19). The second-order valence-corrected chi connectivity index (χ2v) is 7.02. The Balaban J connectivity index is 1.71. The number of nitriles is 1. The summed E-state index contributed by atoms with van der Waals surface area (Å²) >= 11 is 8.07. The first-order chi connectivity index (χ1) is 10.2. The van der Waals surface area contributed by atoms with Gasteiger partial charge in [-0.2, -0.15) is 5.26 Å². The molecule has 2 aromatic rings. The van der Waals surface area contributed by atoms with Gasteiger partial charge in [0.2, 0.25) is 0 Å². The zero-order valence-corrected chi connectivity index (χ0v) is 13.4. The van der Waals surface area contributed by atoms with Gasteiger partial charge in [0.1, 0.15) is 11.1 Å². The number of amides is 1. The zero-order valence-electron chi connectivity index (χ0n) is 10.9. The fourth-order valence-electron chi connectivity index (χ4n) is 2.32. The summed E-state index contributed by atoms with van der Waals surface area (Å²) in [6, 6.07) is 5.79. The Morgan fingerprint density at radius 1 is 1.43 bits per heavy atom. The maximum Gasteiger partial charge on any atom is 0.267 e. The predicted molar refractivity (Wildman–Crippen MR) is 89.1 cm³/mol. The number of fused-ring (bicyclic) bond motifs is 1. The van der Waals surface area contributed by atoms with Crippen LogP contribution in [0.15, 0.2) is 17.5 Å². The van der Waals surface area contributed by atoms with Gasteiger partial charge in [-0.25, -0.2) is 0 Å². The second-order valence-electron chi connectivity index (χ2n) is 4.56. The van der Waals surface area contributed by atoms with Crippen molar-refractivity contribution in [2.24, 2.45) is 0 Å². The average molecular weight is 333 g/mol. The molecule has 0 fully saturated rings. The van der Waals surface area contributed by atoms with Crippen molar-refractivity contribution in [3.63, 3.8) is 0 Å². The summed E-state index contributed by atoms with van der Waals surface area (Å²) < 4.78 is 0. The molecule has 1 aliphatic rings. The minimum absolute atomic E-state index is 0.227. The van der Waals surface area contributed by atoms with E-state index in [2.05, 4.69) is 16.7 Å². The van der Waals surface area contributed by atoms with Gasteiger partial charge in [-0.15, -0.1) is 22.7 Å². The summed E-state index contributed by atoms with van der Waals surface area (Å²) in [6.07, 6.45) is 3.07. The molecule has 1 aliphatic carbocycles. The first kappa shape index (κ1) is 14.2. The van der Waals surface area contributed by atoms with Gasteiger partial charge >= 0.3 is 0 Å². The molecule has 0 saturated heterocycles. The summed E-state index contributed by atoms with van der Waals surface area (Å²) in [5.41, 5.74) is 1.80. The molecule has 0 saturated carbocycles. The highest BCUT2D eigenvalue weighted by atomic mass is 32.1. The molecule has 2 heterocycles. The van der Waals surface area contributed by atoms with Crippen molar-refractivity contribution >= 4 is 50.9 Å². The quantitative estimate of drug-likeness (QED) is 0.828. The molecule has 2 N–H and O–H groups in total. The average Bonchev–Trinajstić information content (AvgIpc) is 3.14. The van der Waals surface area contributed by atoms with Crippen LogP contribution in [0.25, 0.3) is 0 Å². The monoisotopic (exact) mass is 333 g/mol. The number of nitrogens with zero attached hydrogens (tertiary/aromatic N) is 1. The maximum absolute atomic E-state index is 11.9. The first-order valence-corrected chi connectivity index (χ1v) is 8.50. The van der Waals surface area contributed by atoms with Crippen LogP contribution in [0.5, 0.6) is 0 Å². The number of hydrogen-bond acceptors (Lipinski definition) is 5. The van der Waals surface area contributed by atoms with Crippen LogP contribution in [-0.2, 0) is 12.8 Å². The van der Waals surface area contributed by atoms with E-state index in [0.29, 0.717) is 10.4 Å². The molecule has 0 radical (unpaired) electrons. The molecule has 21 heavy (non-hydrogen) atoms. The van der Waals surface area contributed by atoms with Crippen molar-refractivity contribution in [3.8, 4) is 6.07 Å². The summed E-state index contributed by atoms with van der Waals surface area (Å²) in [6.45, 7) is 0. The number of nitrogens with one attached hydrogen (secondary N) is 2. The number of rotatable bonds is 2. The minimum atomic E-state index is -0.231. The zero-order chi connectivity index (χ0) is 14.8. The van der Waals surface area contributed by atoms with E-state index < -0.39 is 0 Å². The van der Waals surface area contributed by atoms with Gasteiger partial charge in [-0.1, -0.05) is 6.07 Å². The lowest BCUT2D eigenvalue weighted by molar-refractivity contribution is 0.0981. The second kappa shape index (κ2) is 5.93.